The molecule has 0 radical (unpaired) electrons. The fourth-order valence-corrected chi connectivity index (χ4v) is 4.58. The summed E-state index contributed by atoms with van der Waals surface area (Å²) in [7, 11) is 0. The summed E-state index contributed by atoms with van der Waals surface area (Å²) in [6.45, 7) is 6.50. The number of piperidine rings is 1. The normalized spacial score (nSPS) is 17.8. The Balaban J connectivity index is 1.37. The molecule has 2 atom stereocenters. The first-order valence-corrected chi connectivity index (χ1v) is 12.0. The molecule has 0 bridgehead atoms. The van der Waals surface area contributed by atoms with Crippen molar-refractivity contribution in [2.75, 3.05) is 13.1 Å². The highest BCUT2D eigenvalue weighted by Crippen LogP contribution is 2.25. The standard InChI is InChI=1S/C26H31ClN4O2/c1-18(2)14-23(19-8-4-3-5-9-19)28-26(32)21-11-7-13-31(16-21)17-24-29-25(30-33-24)20-10-6-12-22(27)15-20/h3-6,8-10,12,15,18,21,23H,7,11,13-14,16-17H2,1-2H3,(H,28,32). The van der Waals surface area contributed by atoms with E-state index in [9.17, 15) is 4.79 Å². The summed E-state index contributed by atoms with van der Waals surface area (Å²) in [6.07, 6.45) is 2.77. The average molecular weight is 467 g/mol. The van der Waals surface area contributed by atoms with E-state index in [1.54, 1.807) is 0 Å². The van der Waals surface area contributed by atoms with Gasteiger partial charge in [-0.2, -0.15) is 4.98 Å². The van der Waals surface area contributed by atoms with E-state index in [0.717, 1.165) is 36.9 Å². The molecule has 2 heterocycles. The second kappa shape index (κ2) is 10.9. The lowest BCUT2D eigenvalue weighted by molar-refractivity contribution is -0.127. The quantitative estimate of drug-likeness (QED) is 0.474. The van der Waals surface area contributed by atoms with Gasteiger partial charge in [0, 0.05) is 17.1 Å². The van der Waals surface area contributed by atoms with Gasteiger partial charge >= 0.3 is 0 Å². The zero-order valence-electron chi connectivity index (χ0n) is 19.2. The molecule has 2 unspecified atom stereocenters. The highest BCUT2D eigenvalue weighted by molar-refractivity contribution is 6.30. The smallest absolute Gasteiger partial charge is 0.241 e. The maximum atomic E-state index is 13.2. The molecule has 3 aromatic rings. The van der Waals surface area contributed by atoms with Crippen molar-refractivity contribution >= 4 is 17.5 Å². The first-order chi connectivity index (χ1) is 16.0. The molecule has 2 aromatic carbocycles. The van der Waals surface area contributed by atoms with Gasteiger partial charge in [-0.1, -0.05) is 73.1 Å². The van der Waals surface area contributed by atoms with E-state index in [1.165, 1.54) is 0 Å². The fourth-order valence-electron chi connectivity index (χ4n) is 4.39. The topological polar surface area (TPSA) is 71.3 Å². The minimum Gasteiger partial charge on any atom is -0.349 e. The number of benzene rings is 2. The van der Waals surface area contributed by atoms with Crippen molar-refractivity contribution in [2.45, 2.75) is 45.7 Å². The van der Waals surface area contributed by atoms with Gasteiger partial charge in [-0.05, 0) is 49.4 Å². The van der Waals surface area contributed by atoms with E-state index < -0.39 is 0 Å². The van der Waals surface area contributed by atoms with Crippen molar-refractivity contribution < 1.29 is 9.32 Å². The summed E-state index contributed by atoms with van der Waals surface area (Å²) in [5.74, 6) is 1.64. The molecular formula is C26H31ClN4O2. The van der Waals surface area contributed by atoms with Crippen LogP contribution in [0.5, 0.6) is 0 Å². The van der Waals surface area contributed by atoms with E-state index in [2.05, 4.69) is 46.3 Å². The van der Waals surface area contributed by atoms with Crippen LogP contribution in [0.1, 0.15) is 50.6 Å². The Morgan fingerprint density at radius 3 is 2.79 bits per heavy atom. The van der Waals surface area contributed by atoms with Crippen LogP contribution in [0.2, 0.25) is 5.02 Å². The third-order valence-corrected chi connectivity index (χ3v) is 6.25. The van der Waals surface area contributed by atoms with Gasteiger partial charge in [0.2, 0.25) is 17.6 Å². The lowest BCUT2D eigenvalue weighted by Crippen LogP contribution is -2.43. The second-order valence-corrected chi connectivity index (χ2v) is 9.63. The molecule has 1 amide bonds. The van der Waals surface area contributed by atoms with E-state index >= 15 is 0 Å². The number of likely N-dealkylation sites (tertiary alicyclic amines) is 1. The lowest BCUT2D eigenvalue weighted by Gasteiger charge is -2.32. The van der Waals surface area contributed by atoms with Crippen LogP contribution < -0.4 is 5.32 Å². The Bertz CT molecular complexity index is 1050. The van der Waals surface area contributed by atoms with Crippen LogP contribution in [0.4, 0.5) is 0 Å². The molecule has 1 fully saturated rings. The highest BCUT2D eigenvalue weighted by atomic mass is 35.5. The number of carbonyl (C=O) groups is 1. The van der Waals surface area contributed by atoms with Gasteiger partial charge < -0.3 is 9.84 Å². The van der Waals surface area contributed by atoms with Gasteiger partial charge in [0.25, 0.3) is 0 Å². The number of hydrogen-bond donors (Lipinski definition) is 1. The van der Waals surface area contributed by atoms with Crippen LogP contribution in [0.15, 0.2) is 59.1 Å². The SMILES string of the molecule is CC(C)CC(NC(=O)C1CCCN(Cc2nc(-c3cccc(Cl)c3)no2)C1)c1ccccc1. The van der Waals surface area contributed by atoms with Gasteiger partial charge in [0.05, 0.1) is 18.5 Å². The van der Waals surface area contributed by atoms with Crippen LogP contribution in [-0.4, -0.2) is 34.0 Å². The van der Waals surface area contributed by atoms with E-state index in [-0.39, 0.29) is 17.9 Å². The van der Waals surface area contributed by atoms with Crippen molar-refractivity contribution in [3.63, 3.8) is 0 Å². The Morgan fingerprint density at radius 2 is 2.03 bits per heavy atom. The summed E-state index contributed by atoms with van der Waals surface area (Å²) in [5, 5.41) is 8.05. The average Bonchev–Trinajstić information content (AvgIpc) is 3.27. The molecule has 1 N–H and O–H groups in total. The number of nitrogens with one attached hydrogen (secondary N) is 1. The van der Waals surface area contributed by atoms with Crippen molar-refractivity contribution in [1.29, 1.82) is 0 Å². The van der Waals surface area contributed by atoms with Crippen LogP contribution in [0.25, 0.3) is 11.4 Å². The first kappa shape index (κ1) is 23.5. The Kier molecular flexibility index (Phi) is 7.78. The third-order valence-electron chi connectivity index (χ3n) is 6.01. The van der Waals surface area contributed by atoms with Gasteiger partial charge in [-0.3, -0.25) is 9.69 Å². The van der Waals surface area contributed by atoms with Gasteiger partial charge in [0.15, 0.2) is 0 Å². The number of hydrogen-bond acceptors (Lipinski definition) is 5. The Hall–Kier alpha value is -2.70. The van der Waals surface area contributed by atoms with Crippen molar-refractivity contribution in [3.05, 3.63) is 71.1 Å². The fraction of sp³-hybridized carbons (Fsp3) is 0.423. The summed E-state index contributed by atoms with van der Waals surface area (Å²) < 4.78 is 5.48. The largest absolute Gasteiger partial charge is 0.349 e. The van der Waals surface area contributed by atoms with Crippen molar-refractivity contribution in [3.8, 4) is 11.4 Å². The number of nitrogens with zero attached hydrogens (tertiary/aromatic N) is 3. The molecule has 0 spiro atoms. The van der Waals surface area contributed by atoms with Crippen LogP contribution in [-0.2, 0) is 11.3 Å². The van der Waals surface area contributed by atoms with Crippen LogP contribution in [0.3, 0.4) is 0 Å². The van der Waals surface area contributed by atoms with E-state index in [0.29, 0.717) is 35.7 Å². The predicted molar refractivity (Wildman–Crippen MR) is 130 cm³/mol. The van der Waals surface area contributed by atoms with Gasteiger partial charge in [-0.25, -0.2) is 0 Å². The van der Waals surface area contributed by atoms with Crippen molar-refractivity contribution in [2.24, 2.45) is 11.8 Å². The van der Waals surface area contributed by atoms with Crippen LogP contribution in [0, 0.1) is 11.8 Å². The number of carbonyl (C=O) groups excluding carboxylic acids is 1. The minimum atomic E-state index is -0.0487. The molecule has 0 aliphatic carbocycles. The van der Waals surface area contributed by atoms with Crippen LogP contribution >= 0.6 is 11.6 Å². The molecule has 6 nitrogen and oxygen atoms in total. The number of amides is 1. The summed E-state index contributed by atoms with van der Waals surface area (Å²) in [5.41, 5.74) is 1.98. The number of aromatic nitrogens is 2. The van der Waals surface area contributed by atoms with Crippen molar-refractivity contribution in [1.82, 2.24) is 20.4 Å². The molecule has 0 saturated carbocycles. The Morgan fingerprint density at radius 1 is 1.21 bits per heavy atom. The lowest BCUT2D eigenvalue weighted by atomic mass is 9.93. The molecule has 1 aliphatic rings. The molecule has 33 heavy (non-hydrogen) atoms. The highest BCUT2D eigenvalue weighted by Gasteiger charge is 2.28. The molecule has 7 heteroatoms. The number of halogens is 1. The van der Waals surface area contributed by atoms with E-state index in [4.69, 9.17) is 16.1 Å². The summed E-state index contributed by atoms with van der Waals surface area (Å²) in [6, 6.07) is 17.7. The second-order valence-electron chi connectivity index (χ2n) is 9.20. The maximum Gasteiger partial charge on any atom is 0.241 e. The molecule has 4 rings (SSSR count). The van der Waals surface area contributed by atoms with E-state index in [1.807, 2.05) is 42.5 Å². The predicted octanol–water partition coefficient (Wildman–Crippen LogP) is 5.51. The monoisotopic (exact) mass is 466 g/mol. The van der Waals surface area contributed by atoms with Gasteiger partial charge in [0.1, 0.15) is 0 Å². The summed E-state index contributed by atoms with van der Waals surface area (Å²) in [4.78, 5) is 19.9. The Labute approximate surface area is 200 Å². The molecular weight excluding hydrogens is 436 g/mol. The van der Waals surface area contributed by atoms with Gasteiger partial charge in [-0.15, -0.1) is 0 Å². The zero-order valence-corrected chi connectivity index (χ0v) is 20.0. The summed E-state index contributed by atoms with van der Waals surface area (Å²) >= 11 is 6.07. The maximum absolute atomic E-state index is 13.2. The third kappa shape index (κ3) is 6.42. The molecule has 174 valence electrons. The zero-order chi connectivity index (χ0) is 23.2. The first-order valence-electron chi connectivity index (χ1n) is 11.6. The molecule has 1 aromatic heterocycles. The minimum absolute atomic E-state index is 0.0327. The molecule has 1 saturated heterocycles. The number of rotatable bonds is 8. The molecule has 1 aliphatic heterocycles.